The molecule has 0 radical (unpaired) electrons. The molecule has 0 atom stereocenters. The van der Waals surface area contributed by atoms with E-state index in [0.717, 1.165) is 10.8 Å². The quantitative estimate of drug-likeness (QED) is 0.443. The standard InChI is InChI=1S/C26H18FN3O2/c27-22-12-4-2-8-19(22)16-30-24-18(10-6-14-28-24)15-21(26(30)32)25(31)29-23-13-5-9-17-7-1-3-11-20(17)23/h1-15H,16H2,(H,29,31). The molecule has 6 heteroatoms. The lowest BCUT2D eigenvalue weighted by Gasteiger charge is -2.13. The largest absolute Gasteiger partial charge is 0.321 e. The Hall–Kier alpha value is -4.32. The van der Waals surface area contributed by atoms with Gasteiger partial charge in [-0.1, -0.05) is 54.6 Å². The van der Waals surface area contributed by atoms with Gasteiger partial charge in [0.05, 0.1) is 6.54 Å². The predicted molar refractivity (Wildman–Crippen MR) is 123 cm³/mol. The number of aromatic nitrogens is 2. The van der Waals surface area contributed by atoms with E-state index in [-0.39, 0.29) is 12.1 Å². The van der Waals surface area contributed by atoms with Gasteiger partial charge in [-0.3, -0.25) is 14.2 Å². The number of hydrogen-bond donors (Lipinski definition) is 1. The summed E-state index contributed by atoms with van der Waals surface area (Å²) < 4.78 is 15.6. The van der Waals surface area contributed by atoms with Crippen LogP contribution in [0, 0.1) is 5.82 Å². The molecular weight excluding hydrogens is 405 g/mol. The van der Waals surface area contributed by atoms with E-state index in [1.165, 1.54) is 16.7 Å². The molecule has 0 saturated carbocycles. The minimum atomic E-state index is -0.530. The molecule has 5 aromatic rings. The van der Waals surface area contributed by atoms with E-state index in [2.05, 4.69) is 10.3 Å². The molecule has 0 spiro atoms. The van der Waals surface area contributed by atoms with Crippen molar-refractivity contribution in [3.05, 3.63) is 118 Å². The Labute approximate surface area is 182 Å². The highest BCUT2D eigenvalue weighted by Gasteiger charge is 2.18. The van der Waals surface area contributed by atoms with Gasteiger partial charge in [-0.2, -0.15) is 0 Å². The first kappa shape index (κ1) is 19.6. The van der Waals surface area contributed by atoms with Gasteiger partial charge in [-0.15, -0.1) is 0 Å². The van der Waals surface area contributed by atoms with Crippen LogP contribution in [-0.4, -0.2) is 15.5 Å². The summed E-state index contributed by atoms with van der Waals surface area (Å²) in [7, 11) is 0. The first-order chi connectivity index (χ1) is 15.6. The average molecular weight is 423 g/mol. The van der Waals surface area contributed by atoms with Crippen LogP contribution in [0.4, 0.5) is 10.1 Å². The normalized spacial score (nSPS) is 11.0. The number of anilines is 1. The van der Waals surface area contributed by atoms with E-state index in [1.54, 1.807) is 42.6 Å². The third-order valence-electron chi connectivity index (χ3n) is 5.42. The van der Waals surface area contributed by atoms with Crippen LogP contribution in [0.3, 0.4) is 0 Å². The molecule has 5 nitrogen and oxygen atoms in total. The van der Waals surface area contributed by atoms with E-state index in [9.17, 15) is 14.0 Å². The van der Waals surface area contributed by atoms with Crippen LogP contribution in [0.1, 0.15) is 15.9 Å². The van der Waals surface area contributed by atoms with Crippen LogP contribution in [0.2, 0.25) is 0 Å². The van der Waals surface area contributed by atoms with Crippen molar-refractivity contribution in [3.63, 3.8) is 0 Å². The minimum Gasteiger partial charge on any atom is -0.321 e. The molecule has 32 heavy (non-hydrogen) atoms. The molecule has 1 N–H and O–H groups in total. The maximum Gasteiger partial charge on any atom is 0.265 e. The smallest absolute Gasteiger partial charge is 0.265 e. The van der Waals surface area contributed by atoms with Gasteiger partial charge in [0.1, 0.15) is 17.0 Å². The summed E-state index contributed by atoms with van der Waals surface area (Å²) in [5, 5.41) is 5.33. The Morgan fingerprint density at radius 3 is 2.53 bits per heavy atom. The van der Waals surface area contributed by atoms with Crippen molar-refractivity contribution in [1.29, 1.82) is 0 Å². The summed E-state index contributed by atoms with van der Waals surface area (Å²) in [4.78, 5) is 30.8. The molecule has 0 aliphatic carbocycles. The molecule has 0 fully saturated rings. The second-order valence-corrected chi connectivity index (χ2v) is 7.44. The Morgan fingerprint density at radius 2 is 1.66 bits per heavy atom. The van der Waals surface area contributed by atoms with Crippen LogP contribution in [0.5, 0.6) is 0 Å². The molecular formula is C26H18FN3O2. The first-order valence-electron chi connectivity index (χ1n) is 10.1. The number of benzene rings is 3. The minimum absolute atomic E-state index is 0.0326. The fourth-order valence-corrected chi connectivity index (χ4v) is 3.84. The first-order valence-corrected chi connectivity index (χ1v) is 10.1. The lowest BCUT2D eigenvalue weighted by molar-refractivity contribution is 0.102. The van der Waals surface area contributed by atoms with Crippen molar-refractivity contribution in [3.8, 4) is 0 Å². The number of nitrogens with one attached hydrogen (secondary N) is 1. The third kappa shape index (κ3) is 3.52. The van der Waals surface area contributed by atoms with Crippen LogP contribution in [-0.2, 0) is 6.54 Å². The summed E-state index contributed by atoms with van der Waals surface area (Å²) in [6.07, 6.45) is 1.56. The van der Waals surface area contributed by atoms with Crippen LogP contribution >= 0.6 is 0 Å². The van der Waals surface area contributed by atoms with Gasteiger partial charge in [-0.05, 0) is 35.7 Å². The Balaban J connectivity index is 1.61. The molecule has 2 heterocycles. The lowest BCUT2D eigenvalue weighted by atomic mass is 10.1. The molecule has 5 rings (SSSR count). The number of rotatable bonds is 4. The number of carbonyl (C=O) groups is 1. The molecule has 2 aromatic heterocycles. The monoisotopic (exact) mass is 423 g/mol. The van der Waals surface area contributed by atoms with Gasteiger partial charge in [-0.25, -0.2) is 9.37 Å². The van der Waals surface area contributed by atoms with Gasteiger partial charge in [0.15, 0.2) is 0 Å². The highest BCUT2D eigenvalue weighted by Crippen LogP contribution is 2.23. The van der Waals surface area contributed by atoms with Crippen LogP contribution in [0.25, 0.3) is 21.8 Å². The van der Waals surface area contributed by atoms with Gasteiger partial charge in [0.2, 0.25) is 0 Å². The highest BCUT2D eigenvalue weighted by molar-refractivity contribution is 6.09. The van der Waals surface area contributed by atoms with E-state index >= 15 is 0 Å². The zero-order valence-corrected chi connectivity index (χ0v) is 17.0. The highest BCUT2D eigenvalue weighted by atomic mass is 19.1. The second kappa shape index (κ2) is 8.07. The number of halogens is 1. The Kier molecular flexibility index (Phi) is 4.95. The van der Waals surface area contributed by atoms with Crippen molar-refractivity contribution in [2.24, 2.45) is 0 Å². The van der Waals surface area contributed by atoms with E-state index < -0.39 is 17.3 Å². The number of fused-ring (bicyclic) bond motifs is 2. The molecule has 0 bridgehead atoms. The van der Waals surface area contributed by atoms with E-state index in [4.69, 9.17) is 0 Å². The van der Waals surface area contributed by atoms with Crippen molar-refractivity contribution in [1.82, 2.24) is 9.55 Å². The molecule has 0 aliphatic heterocycles. The van der Waals surface area contributed by atoms with Crippen LogP contribution in [0.15, 0.2) is 95.9 Å². The molecule has 0 saturated heterocycles. The number of nitrogens with zero attached hydrogens (tertiary/aromatic N) is 2. The third-order valence-corrected chi connectivity index (χ3v) is 5.42. The Bertz CT molecular complexity index is 1540. The number of hydrogen-bond acceptors (Lipinski definition) is 3. The molecule has 156 valence electrons. The SMILES string of the molecule is O=C(Nc1cccc2ccccc12)c1cc2cccnc2n(Cc2ccccc2F)c1=O. The van der Waals surface area contributed by atoms with Crippen LogP contribution < -0.4 is 10.9 Å². The topological polar surface area (TPSA) is 64.0 Å². The fourth-order valence-electron chi connectivity index (χ4n) is 3.84. The van der Waals surface area contributed by atoms with Gasteiger partial charge < -0.3 is 5.32 Å². The maximum atomic E-state index is 14.3. The number of carbonyl (C=O) groups excluding carboxylic acids is 1. The second-order valence-electron chi connectivity index (χ2n) is 7.44. The van der Waals surface area contributed by atoms with Crippen molar-refractivity contribution >= 4 is 33.4 Å². The van der Waals surface area contributed by atoms with Crippen molar-refractivity contribution in [2.75, 3.05) is 5.32 Å². The fraction of sp³-hybridized carbons (Fsp3) is 0.0385. The molecule has 1 amide bonds. The Morgan fingerprint density at radius 1 is 0.906 bits per heavy atom. The lowest BCUT2D eigenvalue weighted by Crippen LogP contribution is -2.30. The van der Waals surface area contributed by atoms with Crippen molar-refractivity contribution in [2.45, 2.75) is 6.54 Å². The van der Waals surface area contributed by atoms with Gasteiger partial charge in [0, 0.05) is 28.2 Å². The summed E-state index contributed by atoms with van der Waals surface area (Å²) in [6, 6.07) is 24.5. The van der Waals surface area contributed by atoms with Crippen molar-refractivity contribution < 1.29 is 9.18 Å². The molecule has 0 unspecified atom stereocenters. The maximum absolute atomic E-state index is 14.3. The molecule has 0 aliphatic rings. The summed E-state index contributed by atoms with van der Waals surface area (Å²) in [6.45, 7) is -0.0333. The van der Waals surface area contributed by atoms with Gasteiger partial charge in [0.25, 0.3) is 11.5 Å². The summed E-state index contributed by atoms with van der Waals surface area (Å²) in [5.74, 6) is -0.950. The van der Waals surface area contributed by atoms with Gasteiger partial charge >= 0.3 is 0 Å². The zero-order chi connectivity index (χ0) is 22.1. The van der Waals surface area contributed by atoms with E-state index in [0.29, 0.717) is 22.3 Å². The summed E-state index contributed by atoms with van der Waals surface area (Å²) in [5.41, 5.74) is 0.780. The predicted octanol–water partition coefficient (Wildman–Crippen LogP) is 4.99. The number of amides is 1. The average Bonchev–Trinajstić information content (AvgIpc) is 2.82. The number of pyridine rings is 2. The molecule has 3 aromatic carbocycles. The van der Waals surface area contributed by atoms with E-state index in [1.807, 2.05) is 36.4 Å². The zero-order valence-electron chi connectivity index (χ0n) is 17.0. The summed E-state index contributed by atoms with van der Waals surface area (Å²) >= 11 is 0.